The minimum absolute atomic E-state index is 0.0670. The molecular weight excluding hydrogens is 309 g/mol. The van der Waals surface area contributed by atoms with E-state index >= 15 is 0 Å². The largest absolute Gasteiger partial charge is 0.374 e. The summed E-state index contributed by atoms with van der Waals surface area (Å²) in [6.07, 6.45) is 0.140. The molecule has 1 saturated heterocycles. The highest BCUT2D eigenvalue weighted by Gasteiger charge is 2.25. The Kier molecular flexibility index (Phi) is 6.71. The average Bonchev–Trinajstić information content (AvgIpc) is 2.54. The molecule has 1 heterocycles. The van der Waals surface area contributed by atoms with Gasteiger partial charge in [-0.3, -0.25) is 9.69 Å². The van der Waals surface area contributed by atoms with Crippen molar-refractivity contribution in [2.75, 3.05) is 53.9 Å². The van der Waals surface area contributed by atoms with E-state index in [-0.39, 0.29) is 23.9 Å². The predicted molar refractivity (Wildman–Crippen MR) is 92.3 cm³/mol. The van der Waals surface area contributed by atoms with Crippen molar-refractivity contribution in [3.05, 3.63) is 35.6 Å². The lowest BCUT2D eigenvalue weighted by Crippen LogP contribution is -2.49. The molecule has 1 amide bonds. The highest BCUT2D eigenvalue weighted by molar-refractivity contribution is 5.78. The fourth-order valence-electron chi connectivity index (χ4n) is 2.93. The maximum absolute atomic E-state index is 13.0. The number of morpholine rings is 1. The Morgan fingerprint density at radius 2 is 2.00 bits per heavy atom. The number of nitrogens with zero attached hydrogens (tertiary/aromatic N) is 3. The number of carbonyl (C=O) groups is 1. The SMILES string of the molecule is C[C@H](c1ccc(F)cc1)N(C)C(=O)CN1CCO[C@H](CN(C)C)C1. The third-order valence-electron chi connectivity index (χ3n) is 4.48. The van der Waals surface area contributed by atoms with Crippen molar-refractivity contribution < 1.29 is 13.9 Å². The molecule has 1 aromatic carbocycles. The van der Waals surface area contributed by atoms with E-state index < -0.39 is 0 Å². The van der Waals surface area contributed by atoms with Gasteiger partial charge in [-0.15, -0.1) is 0 Å². The smallest absolute Gasteiger partial charge is 0.236 e. The molecule has 6 heteroatoms. The number of carbonyl (C=O) groups excluding carboxylic acids is 1. The molecule has 1 aliphatic rings. The Hall–Kier alpha value is -1.50. The summed E-state index contributed by atoms with van der Waals surface area (Å²) < 4.78 is 18.8. The first kappa shape index (κ1) is 18.8. The van der Waals surface area contributed by atoms with Gasteiger partial charge in [0.05, 0.1) is 25.3 Å². The van der Waals surface area contributed by atoms with Gasteiger partial charge in [0.15, 0.2) is 0 Å². The summed E-state index contributed by atoms with van der Waals surface area (Å²) in [6.45, 7) is 5.39. The Morgan fingerprint density at radius 1 is 1.33 bits per heavy atom. The molecule has 0 unspecified atom stereocenters. The van der Waals surface area contributed by atoms with Gasteiger partial charge in [-0.2, -0.15) is 0 Å². The third-order valence-corrected chi connectivity index (χ3v) is 4.48. The number of hydrogen-bond donors (Lipinski definition) is 0. The lowest BCUT2D eigenvalue weighted by molar-refractivity contribution is -0.135. The lowest BCUT2D eigenvalue weighted by atomic mass is 10.1. The highest BCUT2D eigenvalue weighted by Crippen LogP contribution is 2.19. The van der Waals surface area contributed by atoms with Gasteiger partial charge in [-0.25, -0.2) is 4.39 Å². The maximum Gasteiger partial charge on any atom is 0.236 e. The van der Waals surface area contributed by atoms with Gasteiger partial charge in [0.1, 0.15) is 5.82 Å². The maximum atomic E-state index is 13.0. The second kappa shape index (κ2) is 8.55. The lowest BCUT2D eigenvalue weighted by Gasteiger charge is -2.35. The van der Waals surface area contributed by atoms with Gasteiger partial charge in [0.2, 0.25) is 5.91 Å². The first-order valence-corrected chi connectivity index (χ1v) is 8.36. The molecule has 2 atom stereocenters. The van der Waals surface area contributed by atoms with Crippen molar-refractivity contribution in [1.29, 1.82) is 0 Å². The third kappa shape index (κ3) is 5.26. The molecule has 1 aromatic rings. The standard InChI is InChI=1S/C18H28FN3O2/c1-14(15-5-7-16(19)8-6-15)21(4)18(23)13-22-9-10-24-17(12-22)11-20(2)3/h5-8,14,17H,9-13H2,1-4H3/t14-,17-/m1/s1. The van der Waals surface area contributed by atoms with Gasteiger partial charge in [-0.05, 0) is 38.7 Å². The van der Waals surface area contributed by atoms with Crippen LogP contribution >= 0.6 is 0 Å². The van der Waals surface area contributed by atoms with E-state index in [0.717, 1.165) is 25.2 Å². The average molecular weight is 337 g/mol. The molecule has 24 heavy (non-hydrogen) atoms. The molecule has 0 radical (unpaired) electrons. The zero-order valence-electron chi connectivity index (χ0n) is 15.0. The first-order valence-electron chi connectivity index (χ1n) is 8.36. The summed E-state index contributed by atoms with van der Waals surface area (Å²) in [6, 6.07) is 6.23. The van der Waals surface area contributed by atoms with Crippen LogP contribution in [0.5, 0.6) is 0 Å². The molecular formula is C18H28FN3O2. The van der Waals surface area contributed by atoms with Crippen molar-refractivity contribution in [2.24, 2.45) is 0 Å². The van der Waals surface area contributed by atoms with Gasteiger partial charge >= 0.3 is 0 Å². The van der Waals surface area contributed by atoms with E-state index in [1.807, 2.05) is 21.0 Å². The van der Waals surface area contributed by atoms with E-state index in [1.54, 1.807) is 24.1 Å². The van der Waals surface area contributed by atoms with Crippen LogP contribution in [0.4, 0.5) is 4.39 Å². The van der Waals surface area contributed by atoms with E-state index in [1.165, 1.54) is 12.1 Å². The Bertz CT molecular complexity index is 536. The van der Waals surface area contributed by atoms with Crippen LogP contribution in [0.1, 0.15) is 18.5 Å². The number of likely N-dealkylation sites (N-methyl/N-ethyl adjacent to an activating group) is 2. The van der Waals surface area contributed by atoms with Crippen molar-refractivity contribution >= 4 is 5.91 Å². The van der Waals surface area contributed by atoms with E-state index in [2.05, 4.69) is 9.80 Å². The van der Waals surface area contributed by atoms with Gasteiger partial charge in [0.25, 0.3) is 0 Å². The number of rotatable bonds is 6. The Morgan fingerprint density at radius 3 is 2.62 bits per heavy atom. The zero-order valence-corrected chi connectivity index (χ0v) is 15.0. The Balaban J connectivity index is 1.89. The molecule has 1 fully saturated rings. The van der Waals surface area contributed by atoms with Gasteiger partial charge in [0, 0.05) is 26.7 Å². The van der Waals surface area contributed by atoms with Crippen molar-refractivity contribution in [1.82, 2.24) is 14.7 Å². The zero-order chi connectivity index (χ0) is 17.7. The quantitative estimate of drug-likeness (QED) is 0.790. The van der Waals surface area contributed by atoms with Crippen LogP contribution in [-0.4, -0.2) is 80.6 Å². The van der Waals surface area contributed by atoms with Crippen LogP contribution in [0, 0.1) is 5.82 Å². The molecule has 0 spiro atoms. The van der Waals surface area contributed by atoms with Crippen molar-refractivity contribution in [3.8, 4) is 0 Å². The molecule has 0 aliphatic carbocycles. The van der Waals surface area contributed by atoms with E-state index in [0.29, 0.717) is 13.2 Å². The van der Waals surface area contributed by atoms with Crippen LogP contribution < -0.4 is 0 Å². The minimum Gasteiger partial charge on any atom is -0.374 e. The summed E-state index contributed by atoms with van der Waals surface area (Å²) in [7, 11) is 5.84. The number of amides is 1. The minimum atomic E-state index is -0.264. The number of halogens is 1. The summed E-state index contributed by atoms with van der Waals surface area (Å²) in [5, 5.41) is 0. The number of benzene rings is 1. The molecule has 0 saturated carbocycles. The number of hydrogen-bond acceptors (Lipinski definition) is 4. The van der Waals surface area contributed by atoms with E-state index in [9.17, 15) is 9.18 Å². The van der Waals surface area contributed by atoms with Gasteiger partial charge in [-0.1, -0.05) is 12.1 Å². The summed E-state index contributed by atoms with van der Waals surface area (Å²) in [4.78, 5) is 18.5. The molecule has 0 aromatic heterocycles. The van der Waals surface area contributed by atoms with E-state index in [4.69, 9.17) is 4.74 Å². The topological polar surface area (TPSA) is 36.0 Å². The second-order valence-electron chi connectivity index (χ2n) is 6.72. The van der Waals surface area contributed by atoms with Crippen LogP contribution in [0.25, 0.3) is 0 Å². The molecule has 0 bridgehead atoms. The van der Waals surface area contributed by atoms with Crippen molar-refractivity contribution in [3.63, 3.8) is 0 Å². The molecule has 2 rings (SSSR count). The summed E-state index contributed by atoms with van der Waals surface area (Å²) in [5.74, 6) is -0.197. The fraction of sp³-hybridized carbons (Fsp3) is 0.611. The van der Waals surface area contributed by atoms with Crippen molar-refractivity contribution in [2.45, 2.75) is 19.1 Å². The van der Waals surface area contributed by atoms with Crippen LogP contribution in [0.3, 0.4) is 0 Å². The Labute approximate surface area is 144 Å². The van der Waals surface area contributed by atoms with Crippen LogP contribution in [0.15, 0.2) is 24.3 Å². The monoisotopic (exact) mass is 337 g/mol. The predicted octanol–water partition coefficient (Wildman–Crippen LogP) is 1.61. The van der Waals surface area contributed by atoms with Gasteiger partial charge < -0.3 is 14.5 Å². The molecule has 0 N–H and O–H groups in total. The summed E-state index contributed by atoms with van der Waals surface area (Å²) >= 11 is 0. The highest BCUT2D eigenvalue weighted by atomic mass is 19.1. The second-order valence-corrected chi connectivity index (χ2v) is 6.72. The molecule has 5 nitrogen and oxygen atoms in total. The molecule has 134 valence electrons. The van der Waals surface area contributed by atoms with Crippen LogP contribution in [0.2, 0.25) is 0 Å². The number of ether oxygens (including phenoxy) is 1. The fourth-order valence-corrected chi connectivity index (χ4v) is 2.93. The first-order chi connectivity index (χ1) is 11.4. The molecule has 1 aliphatic heterocycles. The normalized spacial score (nSPS) is 20.2. The summed E-state index contributed by atoms with van der Waals surface area (Å²) in [5.41, 5.74) is 0.930. The van der Waals surface area contributed by atoms with Crippen LogP contribution in [-0.2, 0) is 9.53 Å².